The maximum atomic E-state index is 4.94. The second-order valence-electron chi connectivity index (χ2n) is 6.61. The van der Waals surface area contributed by atoms with Crippen molar-refractivity contribution in [2.24, 2.45) is 0 Å². The van der Waals surface area contributed by atoms with Gasteiger partial charge in [0.25, 0.3) is 0 Å². The Morgan fingerprint density at radius 2 is 1.12 bits per heavy atom. The van der Waals surface area contributed by atoms with E-state index in [1.807, 2.05) is 0 Å². The molecule has 0 N–H and O–H groups in total. The molecule has 2 nitrogen and oxygen atoms in total. The first kappa shape index (κ1) is 21.6. The molecule has 0 bridgehead atoms. The van der Waals surface area contributed by atoms with Crippen molar-refractivity contribution >= 4 is 41.5 Å². The minimum Gasteiger partial charge on any atom is -0.381 e. The molecule has 2 fully saturated rings. The van der Waals surface area contributed by atoms with Gasteiger partial charge in [0.2, 0.25) is 0 Å². The molecule has 2 aromatic rings. The van der Waals surface area contributed by atoms with E-state index in [4.69, 9.17) is 9.47 Å². The van der Waals surface area contributed by atoms with Gasteiger partial charge in [0.05, 0.1) is 8.07 Å². The van der Waals surface area contributed by atoms with Crippen LogP contribution in [0.1, 0.15) is 25.7 Å². The van der Waals surface area contributed by atoms with Gasteiger partial charge < -0.3 is 9.47 Å². The van der Waals surface area contributed by atoms with Crippen LogP contribution in [0.2, 0.25) is 13.1 Å². The summed E-state index contributed by atoms with van der Waals surface area (Å²) in [7, 11) is -1.35. The fraction of sp³-hybridized carbons (Fsp3) is 0.500. The summed E-state index contributed by atoms with van der Waals surface area (Å²) >= 11 is 0. The third kappa shape index (κ3) is 7.23. The minimum absolute atomic E-state index is 0. The molecule has 2 aliphatic rings. The number of ether oxygens (including phenoxy) is 2. The first-order valence-electron chi connectivity index (χ1n) is 8.81. The molecule has 0 spiro atoms. The van der Waals surface area contributed by atoms with Gasteiger partial charge in [0.1, 0.15) is 0 Å². The zero-order valence-corrected chi connectivity index (χ0v) is 17.7. The van der Waals surface area contributed by atoms with Crippen LogP contribution in [-0.2, 0) is 9.47 Å². The van der Waals surface area contributed by atoms with Crippen molar-refractivity contribution in [3.8, 4) is 0 Å². The molecule has 2 saturated heterocycles. The average Bonchev–Trinajstić information content (AvgIpc) is 3.44. The van der Waals surface area contributed by atoms with E-state index < -0.39 is 8.07 Å². The van der Waals surface area contributed by atoms with E-state index in [-0.39, 0.29) is 23.1 Å². The van der Waals surface area contributed by atoms with E-state index in [1.165, 1.54) is 36.1 Å². The van der Waals surface area contributed by atoms with E-state index in [2.05, 4.69) is 61.6 Å². The van der Waals surface area contributed by atoms with Gasteiger partial charge in [-0.3, -0.25) is 0 Å². The Morgan fingerprint density at radius 3 is 1.33 bits per heavy atom. The van der Waals surface area contributed by atoms with Crippen LogP contribution in [0.5, 0.6) is 0 Å². The van der Waals surface area contributed by atoms with Crippen molar-refractivity contribution < 1.29 is 9.47 Å². The number of rotatable bonds is 2. The Labute approximate surface area is 164 Å². The first-order valence-corrected chi connectivity index (χ1v) is 11.8. The second-order valence-corrected chi connectivity index (χ2v) is 11.0. The summed E-state index contributed by atoms with van der Waals surface area (Å²) in [6.45, 7) is 8.80. The summed E-state index contributed by atoms with van der Waals surface area (Å²) in [4.78, 5) is 0. The molecule has 2 heterocycles. The molecule has 2 aliphatic heterocycles. The summed E-state index contributed by atoms with van der Waals surface area (Å²) in [6.07, 6.45) is 5.11. The maximum Gasteiger partial charge on any atom is 2.00 e. The quantitative estimate of drug-likeness (QED) is 0.609. The molecule has 4 heteroatoms. The van der Waals surface area contributed by atoms with Crippen molar-refractivity contribution in [3.05, 3.63) is 48.5 Å². The van der Waals surface area contributed by atoms with Crippen LogP contribution in [-0.4, -0.2) is 57.6 Å². The second kappa shape index (κ2) is 12.0. The van der Waals surface area contributed by atoms with Gasteiger partial charge in [-0.15, -0.1) is 0 Å². The van der Waals surface area contributed by atoms with Crippen LogP contribution in [0.15, 0.2) is 48.5 Å². The molecule has 0 radical (unpaired) electrons. The Balaban J connectivity index is 0.000000216. The van der Waals surface area contributed by atoms with Crippen LogP contribution in [0, 0.1) is 0 Å². The van der Waals surface area contributed by atoms with Crippen molar-refractivity contribution in [2.45, 2.75) is 38.8 Å². The zero-order chi connectivity index (χ0) is 16.4. The largest absolute Gasteiger partial charge is 2.00 e. The predicted octanol–water partition coefficient (Wildman–Crippen LogP) is 3.16. The molecular weight excluding hydrogens is 325 g/mol. The fourth-order valence-electron chi connectivity index (χ4n) is 2.77. The topological polar surface area (TPSA) is 18.5 Å². The molecule has 128 valence electrons. The summed E-state index contributed by atoms with van der Waals surface area (Å²) in [5, 5.41) is 3.05. The van der Waals surface area contributed by atoms with Gasteiger partial charge in [-0.25, -0.2) is 24.3 Å². The Morgan fingerprint density at radius 1 is 0.750 bits per heavy atom. The van der Waals surface area contributed by atoms with Gasteiger partial charge in [0.15, 0.2) is 0 Å². The van der Waals surface area contributed by atoms with Crippen LogP contribution in [0.4, 0.5) is 0 Å². The van der Waals surface area contributed by atoms with E-state index >= 15 is 0 Å². The number of hydrogen-bond acceptors (Lipinski definition) is 2. The molecular formula is C20H30MgO2Si. The number of hydrogen-bond donors (Lipinski definition) is 0. The fourth-order valence-corrected chi connectivity index (χ4v) is 5.15. The first-order chi connectivity index (χ1) is 11.2. The predicted molar refractivity (Wildman–Crippen MR) is 107 cm³/mol. The molecule has 4 rings (SSSR count). The third-order valence-corrected chi connectivity index (χ3v) is 7.98. The Bertz CT molecular complexity index is 436. The zero-order valence-electron chi connectivity index (χ0n) is 15.3. The monoisotopic (exact) mass is 354 g/mol. The molecule has 24 heavy (non-hydrogen) atoms. The van der Waals surface area contributed by atoms with Crippen LogP contribution in [0.25, 0.3) is 0 Å². The molecule has 2 aromatic carbocycles. The summed E-state index contributed by atoms with van der Waals surface area (Å²) in [5.74, 6) is 0. The molecule has 0 amide bonds. The van der Waals surface area contributed by atoms with Gasteiger partial charge >= 0.3 is 23.1 Å². The van der Waals surface area contributed by atoms with E-state index in [1.54, 1.807) is 0 Å². The smallest absolute Gasteiger partial charge is 0.381 e. The van der Waals surface area contributed by atoms with Crippen molar-refractivity contribution in [1.82, 2.24) is 0 Å². The van der Waals surface area contributed by atoms with Crippen LogP contribution in [0.3, 0.4) is 0 Å². The summed E-state index contributed by atoms with van der Waals surface area (Å²) in [6, 6.07) is 17.5. The van der Waals surface area contributed by atoms with Crippen molar-refractivity contribution in [2.75, 3.05) is 26.4 Å². The molecule has 0 aromatic heterocycles. The van der Waals surface area contributed by atoms with Gasteiger partial charge in [0, 0.05) is 26.4 Å². The van der Waals surface area contributed by atoms with E-state index in [9.17, 15) is 0 Å². The van der Waals surface area contributed by atoms with E-state index in [0.717, 1.165) is 26.4 Å². The third-order valence-electron chi connectivity index (χ3n) is 4.42. The summed E-state index contributed by atoms with van der Waals surface area (Å²) < 4.78 is 9.89. The maximum absolute atomic E-state index is 4.94. The molecule has 0 unspecified atom stereocenters. The molecule has 0 saturated carbocycles. The minimum atomic E-state index is -1.35. The van der Waals surface area contributed by atoms with Crippen molar-refractivity contribution in [3.63, 3.8) is 0 Å². The molecule has 0 atom stereocenters. The van der Waals surface area contributed by atoms with Crippen molar-refractivity contribution in [1.29, 1.82) is 0 Å². The van der Waals surface area contributed by atoms with Gasteiger partial charge in [-0.2, -0.15) is 34.6 Å². The van der Waals surface area contributed by atoms with Crippen LogP contribution < -0.4 is 10.4 Å². The van der Waals surface area contributed by atoms with Gasteiger partial charge in [-0.05, 0) is 25.7 Å². The standard InChI is InChI=1S/C12H14Si.2C4H8O.Mg/c1-13(2,11-7-3-4-8-11)12-9-5-6-10-12;2*1-2-4-5-3-1;/h3-10H,1-2H3;2*1-4H2;/q-2;;;+2. The van der Waals surface area contributed by atoms with Gasteiger partial charge in [-0.1, -0.05) is 13.1 Å². The molecule has 0 aliphatic carbocycles. The summed E-state index contributed by atoms with van der Waals surface area (Å²) in [5.41, 5.74) is 0. The normalized spacial score (nSPS) is 16.4. The average molecular weight is 355 g/mol. The van der Waals surface area contributed by atoms with E-state index in [0.29, 0.717) is 0 Å². The van der Waals surface area contributed by atoms with Crippen LogP contribution >= 0.6 is 0 Å². The Hall–Kier alpha value is -0.397. The Kier molecular flexibility index (Phi) is 10.9. The SMILES string of the molecule is C1CCOC1.C1CCOC1.C[Si](C)(c1ccc[cH-]1)c1ccc[cH-]1.[Mg+2].